The van der Waals surface area contributed by atoms with Gasteiger partial charge in [0, 0.05) is 6.54 Å². The molecule has 0 bridgehead atoms. The van der Waals surface area contributed by atoms with Crippen LogP contribution in [-0.2, 0) is 4.79 Å². The number of nitrogens with one attached hydrogen (secondary N) is 1. The van der Waals surface area contributed by atoms with Crippen molar-refractivity contribution in [2.24, 2.45) is 0 Å². The predicted octanol–water partition coefficient (Wildman–Crippen LogP) is 1.05. The largest absolute Gasteiger partial charge is 0.343 e. The van der Waals surface area contributed by atoms with E-state index in [1.807, 2.05) is 4.90 Å². The zero-order valence-corrected chi connectivity index (χ0v) is 8.66. The number of carbonyl (C=O) groups is 1. The van der Waals surface area contributed by atoms with Gasteiger partial charge in [-0.3, -0.25) is 4.79 Å². The third-order valence-electron chi connectivity index (χ3n) is 2.82. The fraction of sp³-hybridized carbons (Fsp3) is 0.444. The normalized spacial score (nSPS) is 23.4. The highest BCUT2D eigenvalue weighted by Gasteiger charge is 2.37. The number of halogens is 1. The summed E-state index contributed by atoms with van der Waals surface area (Å²) in [4.78, 5) is 21.7. The maximum Gasteiger partial charge on any atom is 0.247 e. The van der Waals surface area contributed by atoms with Gasteiger partial charge in [-0.05, 0) is 24.4 Å². The van der Waals surface area contributed by atoms with Crippen LogP contribution in [0.1, 0.15) is 12.8 Å². The fourth-order valence-electron chi connectivity index (χ4n) is 2.17. The summed E-state index contributed by atoms with van der Waals surface area (Å²) in [6.45, 7) is 0.860. The summed E-state index contributed by atoms with van der Waals surface area (Å²) in [6, 6.07) is -0.0801. The van der Waals surface area contributed by atoms with Crippen LogP contribution in [0.5, 0.6) is 0 Å². The van der Waals surface area contributed by atoms with Crippen molar-refractivity contribution in [2.45, 2.75) is 18.9 Å². The van der Waals surface area contributed by atoms with Gasteiger partial charge in [0.15, 0.2) is 5.82 Å². The van der Waals surface area contributed by atoms with Gasteiger partial charge in [-0.25, -0.2) is 4.98 Å². The zero-order chi connectivity index (χ0) is 10.4. The second kappa shape index (κ2) is 3.06. The molecule has 2 aliphatic rings. The average Bonchev–Trinajstić information content (AvgIpc) is 2.69. The quantitative estimate of drug-likeness (QED) is 0.670. The number of anilines is 2. The van der Waals surface area contributed by atoms with Crippen molar-refractivity contribution in [3.8, 4) is 0 Å². The number of fused-ring (bicyclic) bond motifs is 3. The Labute approximate surface area is 91.5 Å². The Kier molecular flexibility index (Phi) is 1.82. The minimum atomic E-state index is -0.0801. The first-order chi connectivity index (χ1) is 7.25. The Morgan fingerprint density at radius 3 is 3.33 bits per heavy atom. The van der Waals surface area contributed by atoms with Crippen LogP contribution in [-0.4, -0.2) is 28.5 Å². The summed E-state index contributed by atoms with van der Waals surface area (Å²) in [5.41, 5.74) is 0.655. The highest BCUT2D eigenvalue weighted by atomic mass is 35.5. The first-order valence-electron chi connectivity index (χ1n) is 4.86. The van der Waals surface area contributed by atoms with Gasteiger partial charge in [0.1, 0.15) is 11.7 Å². The summed E-state index contributed by atoms with van der Waals surface area (Å²) in [6.07, 6.45) is 3.45. The van der Waals surface area contributed by atoms with E-state index in [0.717, 1.165) is 25.2 Å². The van der Waals surface area contributed by atoms with Gasteiger partial charge < -0.3 is 10.2 Å². The SMILES string of the molecule is O=C1Nc2cnc(Cl)nc2N2CCC[C@H]12. The molecule has 1 fully saturated rings. The molecule has 2 aliphatic heterocycles. The molecule has 0 aliphatic carbocycles. The van der Waals surface area contributed by atoms with Crippen molar-refractivity contribution < 1.29 is 4.79 Å². The van der Waals surface area contributed by atoms with E-state index in [1.54, 1.807) is 6.20 Å². The van der Waals surface area contributed by atoms with E-state index in [-0.39, 0.29) is 17.2 Å². The van der Waals surface area contributed by atoms with E-state index in [0.29, 0.717) is 5.69 Å². The van der Waals surface area contributed by atoms with Crippen LogP contribution in [0.4, 0.5) is 11.5 Å². The van der Waals surface area contributed by atoms with E-state index >= 15 is 0 Å². The molecule has 78 valence electrons. The van der Waals surface area contributed by atoms with Crippen LogP contribution in [0.25, 0.3) is 0 Å². The van der Waals surface area contributed by atoms with Crippen molar-refractivity contribution in [1.29, 1.82) is 0 Å². The van der Waals surface area contributed by atoms with Crippen LogP contribution in [0.3, 0.4) is 0 Å². The minimum Gasteiger partial charge on any atom is -0.343 e. The molecule has 3 rings (SSSR count). The van der Waals surface area contributed by atoms with E-state index < -0.39 is 0 Å². The Bertz CT molecular complexity index is 436. The summed E-state index contributed by atoms with van der Waals surface area (Å²) in [5.74, 6) is 0.781. The lowest BCUT2D eigenvalue weighted by atomic mass is 10.1. The van der Waals surface area contributed by atoms with Crippen LogP contribution < -0.4 is 10.2 Å². The molecular formula is C9H9ClN4O. The maximum absolute atomic E-state index is 11.7. The monoisotopic (exact) mass is 224 g/mol. The lowest BCUT2D eigenvalue weighted by molar-refractivity contribution is -0.117. The molecule has 0 saturated carbocycles. The second-order valence-electron chi connectivity index (χ2n) is 3.72. The molecule has 1 amide bonds. The number of hydrogen-bond acceptors (Lipinski definition) is 4. The van der Waals surface area contributed by atoms with Crippen molar-refractivity contribution in [1.82, 2.24) is 9.97 Å². The van der Waals surface area contributed by atoms with Gasteiger partial charge in [0.25, 0.3) is 0 Å². The predicted molar refractivity (Wildman–Crippen MR) is 56.0 cm³/mol. The standard InChI is InChI=1S/C9H9ClN4O/c10-9-11-4-5-7(13-9)14-3-1-2-6(14)8(15)12-5/h4,6H,1-3H2,(H,12,15)/t6-/m1/s1. The van der Waals surface area contributed by atoms with E-state index in [4.69, 9.17) is 11.6 Å². The molecule has 6 heteroatoms. The molecule has 3 heterocycles. The molecule has 1 aromatic rings. The molecule has 1 atom stereocenters. The molecule has 15 heavy (non-hydrogen) atoms. The lowest BCUT2D eigenvalue weighted by Crippen LogP contribution is -2.44. The van der Waals surface area contributed by atoms with Crippen LogP contribution in [0.15, 0.2) is 6.20 Å². The zero-order valence-electron chi connectivity index (χ0n) is 7.90. The van der Waals surface area contributed by atoms with E-state index in [2.05, 4.69) is 15.3 Å². The van der Waals surface area contributed by atoms with Crippen LogP contribution in [0, 0.1) is 0 Å². The van der Waals surface area contributed by atoms with Crippen molar-refractivity contribution >= 4 is 29.0 Å². The third kappa shape index (κ3) is 1.26. The number of aromatic nitrogens is 2. The topological polar surface area (TPSA) is 58.1 Å². The van der Waals surface area contributed by atoms with Crippen molar-refractivity contribution in [2.75, 3.05) is 16.8 Å². The van der Waals surface area contributed by atoms with Gasteiger partial charge in [0.2, 0.25) is 11.2 Å². The van der Waals surface area contributed by atoms with E-state index in [9.17, 15) is 4.79 Å². The van der Waals surface area contributed by atoms with Crippen molar-refractivity contribution in [3.05, 3.63) is 11.5 Å². The van der Waals surface area contributed by atoms with Crippen LogP contribution in [0.2, 0.25) is 5.28 Å². The summed E-state index contributed by atoms with van der Waals surface area (Å²) in [7, 11) is 0. The minimum absolute atomic E-state index is 0.0333. The van der Waals surface area contributed by atoms with Gasteiger partial charge in [-0.1, -0.05) is 0 Å². The Morgan fingerprint density at radius 1 is 1.60 bits per heavy atom. The average molecular weight is 225 g/mol. The molecule has 5 nitrogen and oxygen atoms in total. The van der Waals surface area contributed by atoms with Crippen molar-refractivity contribution in [3.63, 3.8) is 0 Å². The molecule has 0 spiro atoms. The highest BCUT2D eigenvalue weighted by molar-refractivity contribution is 6.28. The summed E-state index contributed by atoms with van der Waals surface area (Å²) in [5, 5.41) is 3.01. The lowest BCUT2D eigenvalue weighted by Gasteiger charge is -2.31. The fourth-order valence-corrected chi connectivity index (χ4v) is 2.30. The van der Waals surface area contributed by atoms with Gasteiger partial charge >= 0.3 is 0 Å². The summed E-state index contributed by atoms with van der Waals surface area (Å²) >= 11 is 5.74. The molecule has 1 N–H and O–H groups in total. The molecule has 0 radical (unpaired) electrons. The first kappa shape index (κ1) is 8.91. The molecular weight excluding hydrogens is 216 g/mol. The number of carbonyl (C=O) groups excluding carboxylic acids is 1. The third-order valence-corrected chi connectivity index (χ3v) is 3.01. The number of rotatable bonds is 0. The van der Waals surface area contributed by atoms with Gasteiger partial charge in [-0.15, -0.1) is 0 Å². The Balaban J connectivity index is 2.12. The Hall–Kier alpha value is -1.36. The first-order valence-corrected chi connectivity index (χ1v) is 5.23. The number of amides is 1. The maximum atomic E-state index is 11.7. The Morgan fingerprint density at radius 2 is 2.47 bits per heavy atom. The highest BCUT2D eigenvalue weighted by Crippen LogP contribution is 2.34. The molecule has 1 aromatic heterocycles. The summed E-state index contributed by atoms with van der Waals surface area (Å²) < 4.78 is 0. The molecule has 0 unspecified atom stereocenters. The molecule has 0 aromatic carbocycles. The van der Waals surface area contributed by atoms with Gasteiger partial charge in [-0.2, -0.15) is 4.98 Å². The second-order valence-corrected chi connectivity index (χ2v) is 4.06. The smallest absolute Gasteiger partial charge is 0.247 e. The van der Waals surface area contributed by atoms with Crippen LogP contribution >= 0.6 is 11.6 Å². The number of hydrogen-bond donors (Lipinski definition) is 1. The molecule has 1 saturated heterocycles. The number of nitrogens with zero attached hydrogens (tertiary/aromatic N) is 3. The van der Waals surface area contributed by atoms with E-state index in [1.165, 1.54) is 0 Å². The van der Waals surface area contributed by atoms with Gasteiger partial charge in [0.05, 0.1) is 6.20 Å².